The molecule has 0 unspecified atom stereocenters. The van der Waals surface area contributed by atoms with Gasteiger partial charge in [-0.15, -0.1) is 0 Å². The van der Waals surface area contributed by atoms with E-state index in [4.69, 9.17) is 4.74 Å². The molecule has 0 bridgehead atoms. The molecule has 0 aliphatic heterocycles. The molecule has 0 radical (unpaired) electrons. The molecule has 0 aliphatic carbocycles. The molecule has 0 saturated carbocycles. The van der Waals surface area contributed by atoms with Crippen LogP contribution in [-0.4, -0.2) is 22.1 Å². The molecule has 0 amide bonds. The summed E-state index contributed by atoms with van der Waals surface area (Å²) >= 11 is 0. The van der Waals surface area contributed by atoms with Crippen LogP contribution in [0.4, 0.5) is 0 Å². The number of para-hydroxylation sites is 1. The highest BCUT2D eigenvalue weighted by Gasteiger charge is 2.03. The molecule has 2 aromatic heterocycles. The van der Waals surface area contributed by atoms with Crippen molar-refractivity contribution in [3.8, 4) is 17.3 Å². The van der Waals surface area contributed by atoms with Crippen molar-refractivity contribution < 1.29 is 4.74 Å². The fourth-order valence-electron chi connectivity index (χ4n) is 1.74. The van der Waals surface area contributed by atoms with Crippen molar-refractivity contribution in [2.75, 3.05) is 7.11 Å². The van der Waals surface area contributed by atoms with Crippen LogP contribution in [0.2, 0.25) is 0 Å². The molecule has 18 heavy (non-hydrogen) atoms. The molecule has 0 N–H and O–H groups in total. The maximum atomic E-state index is 5.02. The highest BCUT2D eigenvalue weighted by Crippen LogP contribution is 2.18. The molecule has 88 valence electrons. The first-order valence-corrected chi connectivity index (χ1v) is 5.59. The first-order chi connectivity index (χ1) is 8.86. The maximum Gasteiger partial charge on any atom is 0.212 e. The molecule has 0 fully saturated rings. The summed E-state index contributed by atoms with van der Waals surface area (Å²) in [6.45, 7) is 0. The van der Waals surface area contributed by atoms with E-state index >= 15 is 0 Å². The summed E-state index contributed by atoms with van der Waals surface area (Å²) in [4.78, 5) is 13.0. The van der Waals surface area contributed by atoms with Gasteiger partial charge in [0.25, 0.3) is 0 Å². The minimum atomic E-state index is 0.583. The Labute approximate surface area is 104 Å². The highest BCUT2D eigenvalue weighted by atomic mass is 16.5. The monoisotopic (exact) mass is 237 g/mol. The Morgan fingerprint density at radius 3 is 2.61 bits per heavy atom. The normalized spacial score (nSPS) is 10.5. The second-order valence-electron chi connectivity index (χ2n) is 3.84. The second kappa shape index (κ2) is 4.41. The van der Waals surface area contributed by atoms with Crippen LogP contribution in [0.15, 0.2) is 48.8 Å². The number of hydrogen-bond donors (Lipinski definition) is 0. The topological polar surface area (TPSA) is 47.9 Å². The summed E-state index contributed by atoms with van der Waals surface area (Å²) in [6, 6.07) is 11.6. The van der Waals surface area contributed by atoms with E-state index < -0.39 is 0 Å². The summed E-state index contributed by atoms with van der Waals surface area (Å²) in [7, 11) is 1.59. The SMILES string of the molecule is COc1ccc(-c2ncc3ccccc3n2)cn1. The van der Waals surface area contributed by atoms with Crippen molar-refractivity contribution in [2.45, 2.75) is 0 Å². The third-order valence-corrected chi connectivity index (χ3v) is 2.69. The predicted molar refractivity (Wildman–Crippen MR) is 69.3 cm³/mol. The Balaban J connectivity index is 2.07. The molecule has 4 heteroatoms. The van der Waals surface area contributed by atoms with Gasteiger partial charge in [0.2, 0.25) is 5.88 Å². The highest BCUT2D eigenvalue weighted by molar-refractivity contribution is 5.79. The van der Waals surface area contributed by atoms with Crippen LogP contribution in [0.25, 0.3) is 22.3 Å². The molecule has 3 rings (SSSR count). The van der Waals surface area contributed by atoms with Crippen LogP contribution in [0.3, 0.4) is 0 Å². The van der Waals surface area contributed by atoms with Crippen molar-refractivity contribution in [1.82, 2.24) is 15.0 Å². The Morgan fingerprint density at radius 1 is 0.944 bits per heavy atom. The van der Waals surface area contributed by atoms with E-state index in [1.165, 1.54) is 0 Å². The predicted octanol–water partition coefficient (Wildman–Crippen LogP) is 2.70. The molecule has 0 spiro atoms. The number of aromatic nitrogens is 3. The average molecular weight is 237 g/mol. The first kappa shape index (κ1) is 10.7. The smallest absolute Gasteiger partial charge is 0.212 e. The van der Waals surface area contributed by atoms with Gasteiger partial charge in [-0.1, -0.05) is 18.2 Å². The lowest BCUT2D eigenvalue weighted by atomic mass is 10.2. The Kier molecular flexibility index (Phi) is 2.61. The van der Waals surface area contributed by atoms with Crippen molar-refractivity contribution in [3.05, 3.63) is 48.8 Å². The first-order valence-electron chi connectivity index (χ1n) is 5.59. The zero-order valence-electron chi connectivity index (χ0n) is 9.87. The quantitative estimate of drug-likeness (QED) is 0.687. The Hall–Kier alpha value is -2.49. The van der Waals surface area contributed by atoms with E-state index in [0.29, 0.717) is 11.7 Å². The van der Waals surface area contributed by atoms with Crippen molar-refractivity contribution >= 4 is 10.9 Å². The molecule has 1 aromatic carbocycles. The number of benzene rings is 1. The van der Waals surface area contributed by atoms with E-state index in [0.717, 1.165) is 16.5 Å². The van der Waals surface area contributed by atoms with Crippen molar-refractivity contribution in [2.24, 2.45) is 0 Å². The van der Waals surface area contributed by atoms with Gasteiger partial charge in [-0.05, 0) is 12.1 Å². The van der Waals surface area contributed by atoms with Gasteiger partial charge < -0.3 is 4.74 Å². The van der Waals surface area contributed by atoms with Gasteiger partial charge in [-0.25, -0.2) is 15.0 Å². The number of pyridine rings is 1. The molecule has 0 atom stereocenters. The molecule has 0 aliphatic rings. The number of ether oxygens (including phenoxy) is 1. The van der Waals surface area contributed by atoms with Crippen molar-refractivity contribution in [3.63, 3.8) is 0 Å². The molecular weight excluding hydrogens is 226 g/mol. The Morgan fingerprint density at radius 2 is 1.83 bits per heavy atom. The summed E-state index contributed by atoms with van der Waals surface area (Å²) in [5.74, 6) is 1.25. The number of rotatable bonds is 2. The third-order valence-electron chi connectivity index (χ3n) is 2.69. The van der Waals surface area contributed by atoms with Gasteiger partial charge >= 0.3 is 0 Å². The standard InChI is InChI=1S/C14H11N3O/c1-18-13-7-6-11(9-15-13)14-16-8-10-4-2-3-5-12(10)17-14/h2-9H,1H3. The van der Waals surface area contributed by atoms with Gasteiger partial charge in [-0.2, -0.15) is 0 Å². The molecule has 3 aromatic rings. The van der Waals surface area contributed by atoms with Gasteiger partial charge in [0.1, 0.15) is 0 Å². The summed E-state index contributed by atoms with van der Waals surface area (Å²) < 4.78 is 5.02. The zero-order valence-corrected chi connectivity index (χ0v) is 9.87. The lowest BCUT2D eigenvalue weighted by Crippen LogP contribution is -1.92. The summed E-state index contributed by atoms with van der Waals surface area (Å²) in [5, 5.41) is 1.03. The number of methoxy groups -OCH3 is 1. The summed E-state index contributed by atoms with van der Waals surface area (Å²) in [6.07, 6.45) is 3.53. The van der Waals surface area contributed by atoms with E-state index in [1.807, 2.05) is 36.5 Å². The van der Waals surface area contributed by atoms with Crippen molar-refractivity contribution in [1.29, 1.82) is 0 Å². The van der Waals surface area contributed by atoms with Crippen LogP contribution >= 0.6 is 0 Å². The summed E-state index contributed by atoms with van der Waals surface area (Å²) in [5.41, 5.74) is 1.81. The fraction of sp³-hybridized carbons (Fsp3) is 0.0714. The third kappa shape index (κ3) is 1.88. The minimum Gasteiger partial charge on any atom is -0.481 e. The van der Waals surface area contributed by atoms with Gasteiger partial charge in [0.15, 0.2) is 5.82 Å². The van der Waals surface area contributed by atoms with E-state index in [1.54, 1.807) is 19.4 Å². The molecule has 2 heterocycles. The average Bonchev–Trinajstić information content (AvgIpc) is 2.47. The number of fused-ring (bicyclic) bond motifs is 1. The molecule has 4 nitrogen and oxygen atoms in total. The Bertz CT molecular complexity index is 680. The number of nitrogens with zero attached hydrogens (tertiary/aromatic N) is 3. The lowest BCUT2D eigenvalue weighted by molar-refractivity contribution is 0.398. The van der Waals surface area contributed by atoms with Crippen LogP contribution in [0.1, 0.15) is 0 Å². The van der Waals surface area contributed by atoms with E-state index in [-0.39, 0.29) is 0 Å². The van der Waals surface area contributed by atoms with Crippen LogP contribution in [0, 0.1) is 0 Å². The van der Waals surface area contributed by atoms with Crippen LogP contribution < -0.4 is 4.74 Å². The molecule has 0 saturated heterocycles. The molecular formula is C14H11N3O. The van der Waals surface area contributed by atoms with E-state index in [9.17, 15) is 0 Å². The lowest BCUT2D eigenvalue weighted by Gasteiger charge is -2.03. The maximum absolute atomic E-state index is 5.02. The van der Waals surface area contributed by atoms with Gasteiger partial charge in [0, 0.05) is 29.4 Å². The second-order valence-corrected chi connectivity index (χ2v) is 3.84. The number of hydrogen-bond acceptors (Lipinski definition) is 4. The van der Waals surface area contributed by atoms with Crippen LogP contribution in [0.5, 0.6) is 5.88 Å². The fourth-order valence-corrected chi connectivity index (χ4v) is 1.74. The zero-order chi connectivity index (χ0) is 12.4. The van der Waals surface area contributed by atoms with Crippen LogP contribution in [-0.2, 0) is 0 Å². The minimum absolute atomic E-state index is 0.583. The largest absolute Gasteiger partial charge is 0.481 e. The van der Waals surface area contributed by atoms with Gasteiger partial charge in [0.05, 0.1) is 12.6 Å². The van der Waals surface area contributed by atoms with E-state index in [2.05, 4.69) is 15.0 Å². The van der Waals surface area contributed by atoms with Gasteiger partial charge in [-0.3, -0.25) is 0 Å².